The SMILES string of the molecule is N#CCc1cc(C(=O)NCc2ccc(F)cc2)ccn1. The molecule has 1 heterocycles. The Kier molecular flexibility index (Phi) is 4.40. The van der Waals surface area contributed by atoms with Crippen LogP contribution >= 0.6 is 0 Å². The van der Waals surface area contributed by atoms with E-state index in [4.69, 9.17) is 5.26 Å². The lowest BCUT2D eigenvalue weighted by Crippen LogP contribution is -2.23. The minimum Gasteiger partial charge on any atom is -0.348 e. The van der Waals surface area contributed by atoms with Crippen LogP contribution in [0, 0.1) is 17.1 Å². The van der Waals surface area contributed by atoms with Crippen molar-refractivity contribution in [1.82, 2.24) is 10.3 Å². The zero-order chi connectivity index (χ0) is 14.4. The summed E-state index contributed by atoms with van der Waals surface area (Å²) in [4.78, 5) is 15.9. The van der Waals surface area contributed by atoms with Crippen molar-refractivity contribution < 1.29 is 9.18 Å². The Bertz CT molecular complexity index is 647. The highest BCUT2D eigenvalue weighted by atomic mass is 19.1. The van der Waals surface area contributed by atoms with Gasteiger partial charge in [-0.1, -0.05) is 12.1 Å². The molecule has 1 aromatic carbocycles. The fourth-order valence-electron chi connectivity index (χ4n) is 1.68. The maximum atomic E-state index is 12.7. The van der Waals surface area contributed by atoms with E-state index in [0.717, 1.165) is 5.56 Å². The first-order chi connectivity index (χ1) is 9.69. The summed E-state index contributed by atoms with van der Waals surface area (Å²) < 4.78 is 12.7. The van der Waals surface area contributed by atoms with Gasteiger partial charge in [0, 0.05) is 18.3 Å². The summed E-state index contributed by atoms with van der Waals surface area (Å²) in [6.45, 7) is 0.315. The fourth-order valence-corrected chi connectivity index (χ4v) is 1.68. The van der Waals surface area contributed by atoms with Crippen molar-refractivity contribution in [3.05, 3.63) is 65.2 Å². The molecule has 20 heavy (non-hydrogen) atoms. The number of pyridine rings is 1. The van der Waals surface area contributed by atoms with E-state index in [2.05, 4.69) is 10.3 Å². The second-order valence-corrected chi connectivity index (χ2v) is 4.18. The Hall–Kier alpha value is -2.74. The van der Waals surface area contributed by atoms with E-state index in [1.54, 1.807) is 24.3 Å². The van der Waals surface area contributed by atoms with Gasteiger partial charge >= 0.3 is 0 Å². The maximum Gasteiger partial charge on any atom is 0.251 e. The minimum absolute atomic E-state index is 0.166. The van der Waals surface area contributed by atoms with Crippen molar-refractivity contribution in [2.75, 3.05) is 0 Å². The Labute approximate surface area is 115 Å². The third-order valence-corrected chi connectivity index (χ3v) is 2.71. The van der Waals surface area contributed by atoms with Crippen LogP contribution in [-0.2, 0) is 13.0 Å². The van der Waals surface area contributed by atoms with Gasteiger partial charge < -0.3 is 5.32 Å². The summed E-state index contributed by atoms with van der Waals surface area (Å²) >= 11 is 0. The Morgan fingerprint density at radius 1 is 1.30 bits per heavy atom. The summed E-state index contributed by atoms with van der Waals surface area (Å²) in [7, 11) is 0. The fraction of sp³-hybridized carbons (Fsp3) is 0.133. The van der Waals surface area contributed by atoms with E-state index in [9.17, 15) is 9.18 Å². The average Bonchev–Trinajstić information content (AvgIpc) is 2.47. The summed E-state index contributed by atoms with van der Waals surface area (Å²) in [5, 5.41) is 11.3. The molecule has 0 atom stereocenters. The van der Waals surface area contributed by atoms with Crippen molar-refractivity contribution in [2.45, 2.75) is 13.0 Å². The van der Waals surface area contributed by atoms with Gasteiger partial charge in [-0.3, -0.25) is 9.78 Å². The third kappa shape index (κ3) is 3.62. The molecule has 0 aliphatic carbocycles. The van der Waals surface area contributed by atoms with Crippen molar-refractivity contribution in [1.29, 1.82) is 5.26 Å². The number of nitrogens with zero attached hydrogens (tertiary/aromatic N) is 2. The number of halogens is 1. The van der Waals surface area contributed by atoms with Crippen LogP contribution in [0.4, 0.5) is 4.39 Å². The van der Waals surface area contributed by atoms with E-state index >= 15 is 0 Å². The van der Waals surface area contributed by atoms with Crippen LogP contribution in [0.3, 0.4) is 0 Å². The maximum absolute atomic E-state index is 12.7. The Balaban J connectivity index is 1.99. The lowest BCUT2D eigenvalue weighted by atomic mass is 10.1. The number of carbonyl (C=O) groups excluding carboxylic acids is 1. The van der Waals surface area contributed by atoms with Gasteiger partial charge in [0.15, 0.2) is 0 Å². The van der Waals surface area contributed by atoms with Crippen molar-refractivity contribution in [3.63, 3.8) is 0 Å². The van der Waals surface area contributed by atoms with E-state index in [1.165, 1.54) is 18.3 Å². The number of nitriles is 1. The molecular weight excluding hydrogens is 257 g/mol. The summed E-state index contributed by atoms with van der Waals surface area (Å²) in [5.41, 5.74) is 1.82. The molecule has 0 spiro atoms. The molecule has 0 bridgehead atoms. The van der Waals surface area contributed by atoms with Gasteiger partial charge in [0.1, 0.15) is 5.82 Å². The third-order valence-electron chi connectivity index (χ3n) is 2.71. The molecule has 0 saturated carbocycles. The van der Waals surface area contributed by atoms with Crippen LogP contribution in [-0.4, -0.2) is 10.9 Å². The number of rotatable bonds is 4. The molecule has 1 N–H and O–H groups in total. The summed E-state index contributed by atoms with van der Waals surface area (Å²) in [6, 6.07) is 11.1. The largest absolute Gasteiger partial charge is 0.348 e. The zero-order valence-corrected chi connectivity index (χ0v) is 10.6. The lowest BCUT2D eigenvalue weighted by Gasteiger charge is -2.06. The van der Waals surface area contributed by atoms with Crippen LogP contribution in [0.2, 0.25) is 0 Å². The average molecular weight is 269 g/mol. The molecule has 1 amide bonds. The van der Waals surface area contributed by atoms with Gasteiger partial charge in [0.05, 0.1) is 18.2 Å². The van der Waals surface area contributed by atoms with Gasteiger partial charge in [-0.15, -0.1) is 0 Å². The molecule has 0 radical (unpaired) electrons. The Morgan fingerprint density at radius 2 is 2.05 bits per heavy atom. The van der Waals surface area contributed by atoms with Crippen LogP contribution in [0.25, 0.3) is 0 Å². The predicted octanol–water partition coefficient (Wildman–Crippen LogP) is 2.22. The van der Waals surface area contributed by atoms with Crippen LogP contribution < -0.4 is 5.32 Å². The molecule has 0 unspecified atom stereocenters. The first-order valence-electron chi connectivity index (χ1n) is 6.03. The van der Waals surface area contributed by atoms with Crippen LogP contribution in [0.5, 0.6) is 0 Å². The molecule has 100 valence electrons. The van der Waals surface area contributed by atoms with E-state index < -0.39 is 0 Å². The minimum atomic E-state index is -0.310. The van der Waals surface area contributed by atoms with E-state index in [-0.39, 0.29) is 18.1 Å². The molecule has 4 nitrogen and oxygen atoms in total. The van der Waals surface area contributed by atoms with E-state index in [1.807, 2.05) is 6.07 Å². The van der Waals surface area contributed by atoms with Crippen LogP contribution in [0.15, 0.2) is 42.6 Å². The molecule has 5 heteroatoms. The number of hydrogen-bond donors (Lipinski definition) is 1. The van der Waals surface area contributed by atoms with Gasteiger partial charge in [0.25, 0.3) is 5.91 Å². The first kappa shape index (κ1) is 13.7. The first-order valence-corrected chi connectivity index (χ1v) is 6.03. The highest BCUT2D eigenvalue weighted by Gasteiger charge is 2.06. The van der Waals surface area contributed by atoms with Crippen LogP contribution in [0.1, 0.15) is 21.6 Å². The standard InChI is InChI=1S/C15H12FN3O/c16-13-3-1-11(2-4-13)10-19-15(20)12-6-8-18-14(9-12)5-7-17/h1-4,6,8-9H,5,10H2,(H,19,20). The highest BCUT2D eigenvalue weighted by Crippen LogP contribution is 2.05. The highest BCUT2D eigenvalue weighted by molar-refractivity contribution is 5.94. The molecule has 0 saturated heterocycles. The van der Waals surface area contributed by atoms with Gasteiger partial charge in [-0.25, -0.2) is 4.39 Å². The number of hydrogen-bond acceptors (Lipinski definition) is 3. The van der Waals surface area contributed by atoms with Crippen molar-refractivity contribution in [3.8, 4) is 6.07 Å². The molecular formula is C15H12FN3O. The smallest absolute Gasteiger partial charge is 0.251 e. The number of amides is 1. The predicted molar refractivity (Wildman–Crippen MR) is 71.1 cm³/mol. The number of nitrogens with one attached hydrogen (secondary N) is 1. The molecule has 0 aliphatic rings. The summed E-state index contributed by atoms with van der Waals surface area (Å²) in [6.07, 6.45) is 1.67. The monoisotopic (exact) mass is 269 g/mol. The number of aromatic nitrogens is 1. The van der Waals surface area contributed by atoms with Crippen molar-refractivity contribution in [2.24, 2.45) is 0 Å². The number of benzene rings is 1. The van der Waals surface area contributed by atoms with Gasteiger partial charge in [-0.05, 0) is 29.8 Å². The molecule has 2 aromatic rings. The van der Waals surface area contributed by atoms with Gasteiger partial charge in [-0.2, -0.15) is 5.26 Å². The molecule has 0 aliphatic heterocycles. The molecule has 1 aromatic heterocycles. The Morgan fingerprint density at radius 3 is 2.75 bits per heavy atom. The normalized spacial score (nSPS) is 9.80. The topological polar surface area (TPSA) is 65.8 Å². The second kappa shape index (κ2) is 6.43. The molecule has 2 rings (SSSR count). The molecule has 0 fully saturated rings. The quantitative estimate of drug-likeness (QED) is 0.925. The van der Waals surface area contributed by atoms with Gasteiger partial charge in [0.2, 0.25) is 0 Å². The zero-order valence-electron chi connectivity index (χ0n) is 10.6. The van der Waals surface area contributed by atoms with E-state index in [0.29, 0.717) is 17.8 Å². The number of carbonyl (C=O) groups is 1. The van der Waals surface area contributed by atoms with Crippen molar-refractivity contribution >= 4 is 5.91 Å². The second-order valence-electron chi connectivity index (χ2n) is 4.18. The lowest BCUT2D eigenvalue weighted by molar-refractivity contribution is 0.0950. The summed E-state index contributed by atoms with van der Waals surface area (Å²) in [5.74, 6) is -0.564.